The van der Waals surface area contributed by atoms with E-state index in [-0.39, 0.29) is 50.1 Å². The molecular weight excluding hydrogens is 303 g/mol. The Kier molecular flexibility index (Phi) is 5.09. The Morgan fingerprint density at radius 1 is 1.57 bits per heavy atom. The molecule has 0 amide bonds. The van der Waals surface area contributed by atoms with Gasteiger partial charge < -0.3 is 11.1 Å². The fourth-order valence-corrected chi connectivity index (χ4v) is 0.655. The van der Waals surface area contributed by atoms with Gasteiger partial charge in [-0.2, -0.15) is 0 Å². The molecule has 0 saturated carbocycles. The van der Waals surface area contributed by atoms with Crippen molar-refractivity contribution in [1.29, 1.82) is 0 Å². The van der Waals surface area contributed by atoms with Crippen molar-refractivity contribution in [3.8, 4) is 0 Å². The van der Waals surface area contributed by atoms with Crippen LogP contribution in [0.3, 0.4) is 0 Å². The van der Waals surface area contributed by atoms with Gasteiger partial charge in [-0.15, -0.1) is 6.04 Å². The third-order valence-corrected chi connectivity index (χ3v) is 1.06. The van der Waals surface area contributed by atoms with Crippen LogP contribution in [0.5, 0.6) is 0 Å². The fraction of sp³-hybridized carbons (Fsp3) is 1.00. The monoisotopic (exact) mass is 312 g/mol. The molecule has 7 heavy (non-hydrogen) atoms. The van der Waals surface area contributed by atoms with Crippen LogP contribution in [0.4, 0.5) is 0 Å². The van der Waals surface area contributed by atoms with Crippen molar-refractivity contribution < 1.29 is 44.1 Å². The maximum atomic E-state index is 7.07. The molecule has 0 bridgehead atoms. The van der Waals surface area contributed by atoms with Gasteiger partial charge >= 0.3 is 0 Å². The summed E-state index contributed by atoms with van der Waals surface area (Å²) in [5.74, 6) is 0. The van der Waals surface area contributed by atoms with Crippen molar-refractivity contribution in [2.45, 2.75) is 12.5 Å². The first kappa shape index (κ1) is 8.36. The molecule has 1 rings (SSSR count). The van der Waals surface area contributed by atoms with Gasteiger partial charge in [-0.3, -0.25) is 0 Å². The minimum atomic E-state index is 0. The van der Waals surface area contributed by atoms with Crippen molar-refractivity contribution in [3.63, 3.8) is 0 Å². The van der Waals surface area contributed by atoms with Gasteiger partial charge in [-0.1, -0.05) is 6.42 Å². The Morgan fingerprint density at radius 2 is 2.29 bits per heavy atom. The predicted molar refractivity (Wildman–Crippen MR) is 25.6 cm³/mol. The first-order chi connectivity index (χ1) is 2.89. The summed E-state index contributed by atoms with van der Waals surface area (Å²) in [6.45, 7) is 1.95. The van der Waals surface area contributed by atoms with E-state index in [1.165, 1.54) is 0 Å². The first-order valence-corrected chi connectivity index (χ1v) is 2.31. The standard InChI is InChI=1S/C4H9N2.Ac/c5-4-1-2-6-3-4;/h4-6H,1-3H2;/q-1;/t4-;/m0./s1. The van der Waals surface area contributed by atoms with E-state index >= 15 is 0 Å². The van der Waals surface area contributed by atoms with Gasteiger partial charge in [0.1, 0.15) is 0 Å². The normalized spacial score (nSPS) is 29.6. The minimum absolute atomic E-state index is 0. The Bertz CT molecular complexity index is 43.0. The van der Waals surface area contributed by atoms with Gasteiger partial charge in [-0.25, -0.2) is 0 Å². The number of nitrogens with one attached hydrogen (secondary N) is 2. The van der Waals surface area contributed by atoms with Crippen LogP contribution in [-0.4, -0.2) is 19.1 Å². The number of hydrogen-bond donors (Lipinski definition) is 1. The van der Waals surface area contributed by atoms with Crippen LogP contribution in [0.15, 0.2) is 0 Å². The molecule has 1 heterocycles. The zero-order valence-electron chi connectivity index (χ0n) is 4.28. The van der Waals surface area contributed by atoms with Crippen molar-refractivity contribution in [2.75, 3.05) is 13.1 Å². The summed E-state index contributed by atoms with van der Waals surface area (Å²) < 4.78 is 0. The van der Waals surface area contributed by atoms with Crippen molar-refractivity contribution in [2.24, 2.45) is 0 Å². The third kappa shape index (κ3) is 3.03. The summed E-state index contributed by atoms with van der Waals surface area (Å²) in [6, 6.07) is 0.185. The van der Waals surface area contributed by atoms with Gasteiger partial charge in [-0.05, 0) is 13.1 Å². The molecule has 2 N–H and O–H groups in total. The zero-order valence-corrected chi connectivity index (χ0v) is 9.02. The van der Waals surface area contributed by atoms with Gasteiger partial charge in [0.25, 0.3) is 0 Å². The van der Waals surface area contributed by atoms with E-state index in [1.54, 1.807) is 0 Å². The third-order valence-electron chi connectivity index (χ3n) is 1.06. The summed E-state index contributed by atoms with van der Waals surface area (Å²) >= 11 is 0. The summed E-state index contributed by atoms with van der Waals surface area (Å²) in [5.41, 5.74) is 7.07. The molecule has 3 heteroatoms. The number of hydrogen-bond acceptors (Lipinski definition) is 1. The van der Waals surface area contributed by atoms with Crippen molar-refractivity contribution in [3.05, 3.63) is 5.73 Å². The topological polar surface area (TPSA) is 35.8 Å². The summed E-state index contributed by atoms with van der Waals surface area (Å²) in [5, 5.41) is 3.08. The van der Waals surface area contributed by atoms with Gasteiger partial charge in [0.2, 0.25) is 0 Å². The first-order valence-electron chi connectivity index (χ1n) is 2.31. The van der Waals surface area contributed by atoms with E-state index in [9.17, 15) is 0 Å². The second kappa shape index (κ2) is 4.26. The van der Waals surface area contributed by atoms with Crippen LogP contribution in [0.25, 0.3) is 5.73 Å². The molecule has 1 aliphatic heterocycles. The summed E-state index contributed by atoms with van der Waals surface area (Å²) in [6.07, 6.45) is 1.04. The SMILES string of the molecule is [Ac].[NH-][C@H]1CCNC1. The molecule has 1 radical (unpaired) electrons. The Morgan fingerprint density at radius 3 is 2.43 bits per heavy atom. The van der Waals surface area contributed by atoms with E-state index in [1.807, 2.05) is 0 Å². The van der Waals surface area contributed by atoms with E-state index < -0.39 is 0 Å². The van der Waals surface area contributed by atoms with Gasteiger partial charge in [0.05, 0.1) is 0 Å². The smallest absolute Gasteiger partial charge is 0 e. The molecule has 2 nitrogen and oxygen atoms in total. The maximum Gasteiger partial charge on any atom is 0 e. The van der Waals surface area contributed by atoms with Crippen LogP contribution in [0, 0.1) is 44.1 Å². The molecule has 0 aromatic rings. The molecule has 0 aromatic heterocycles. The molecule has 1 fully saturated rings. The predicted octanol–water partition coefficient (Wildman–Crippen LogP) is 0.400. The van der Waals surface area contributed by atoms with E-state index in [2.05, 4.69) is 5.32 Å². The molecular formula is C4H9AcN2-. The molecule has 1 atom stereocenters. The molecule has 0 unspecified atom stereocenters. The van der Waals surface area contributed by atoms with E-state index in [0.717, 1.165) is 19.5 Å². The summed E-state index contributed by atoms with van der Waals surface area (Å²) in [4.78, 5) is 0. The number of rotatable bonds is 0. The maximum absolute atomic E-state index is 7.07. The van der Waals surface area contributed by atoms with Crippen LogP contribution < -0.4 is 5.32 Å². The largest absolute Gasteiger partial charge is 0.674 e. The van der Waals surface area contributed by atoms with Crippen LogP contribution in [0.2, 0.25) is 0 Å². The van der Waals surface area contributed by atoms with Crippen LogP contribution >= 0.6 is 0 Å². The Hall–Kier alpha value is 1.36. The van der Waals surface area contributed by atoms with Gasteiger partial charge in [0.15, 0.2) is 0 Å². The second-order valence-electron chi connectivity index (χ2n) is 1.69. The van der Waals surface area contributed by atoms with Crippen LogP contribution in [-0.2, 0) is 0 Å². The average Bonchev–Trinajstić information content (AvgIpc) is 1.86. The second-order valence-corrected chi connectivity index (χ2v) is 1.69. The van der Waals surface area contributed by atoms with Crippen LogP contribution in [0.1, 0.15) is 6.42 Å². The van der Waals surface area contributed by atoms with E-state index in [4.69, 9.17) is 5.73 Å². The molecule has 0 aromatic carbocycles. The van der Waals surface area contributed by atoms with Crippen molar-refractivity contribution >= 4 is 0 Å². The zero-order chi connectivity index (χ0) is 4.41. The van der Waals surface area contributed by atoms with Crippen molar-refractivity contribution in [1.82, 2.24) is 5.32 Å². The average molecular weight is 312 g/mol. The molecule has 1 aliphatic rings. The Labute approximate surface area is 79.8 Å². The molecule has 0 spiro atoms. The van der Waals surface area contributed by atoms with E-state index in [0.29, 0.717) is 0 Å². The molecule has 0 aliphatic carbocycles. The quantitative estimate of drug-likeness (QED) is 0.691. The molecule has 39 valence electrons. The Balaban J connectivity index is 0.000000360. The van der Waals surface area contributed by atoms with Gasteiger partial charge in [0, 0.05) is 44.1 Å². The fourth-order valence-electron chi connectivity index (χ4n) is 0.655. The minimum Gasteiger partial charge on any atom is -0.674 e. The summed E-state index contributed by atoms with van der Waals surface area (Å²) in [7, 11) is 0. The molecule has 1 saturated heterocycles.